The monoisotopic (exact) mass is 146 g/mol. The summed E-state index contributed by atoms with van der Waals surface area (Å²) >= 11 is 0. The Hall–Kier alpha value is -1.04. The van der Waals surface area contributed by atoms with Crippen LogP contribution in [0.5, 0.6) is 0 Å². The maximum Gasteiger partial charge on any atom is 0.100 e. The molecule has 0 aromatic heterocycles. The second kappa shape index (κ2) is 3.21. The van der Waals surface area contributed by atoms with Gasteiger partial charge in [0.25, 0.3) is 0 Å². The quantitative estimate of drug-likeness (QED) is 0.289. The van der Waals surface area contributed by atoms with Crippen molar-refractivity contribution in [1.82, 2.24) is 5.01 Å². The van der Waals surface area contributed by atoms with E-state index in [0.717, 1.165) is 0 Å². The largest absolute Gasteiger partial charge is 0.737 e. The molecular weight excluding hydrogens is 138 g/mol. The van der Waals surface area contributed by atoms with E-state index < -0.39 is 0 Å². The summed E-state index contributed by atoms with van der Waals surface area (Å²) in [5, 5.41) is 23.7. The predicted molar refractivity (Wildman–Crippen MR) is 31.8 cm³/mol. The summed E-state index contributed by atoms with van der Waals surface area (Å²) in [5.74, 6) is 0. The van der Waals surface area contributed by atoms with Crippen molar-refractivity contribution >= 4 is 0 Å². The van der Waals surface area contributed by atoms with Crippen LogP contribution in [0.4, 0.5) is 0 Å². The van der Waals surface area contributed by atoms with Gasteiger partial charge in [-0.05, 0) is 5.28 Å². The van der Waals surface area contributed by atoms with Gasteiger partial charge in [0.05, 0.1) is 13.2 Å². The van der Waals surface area contributed by atoms with Crippen molar-refractivity contribution in [2.45, 2.75) is 0 Å². The molecule has 1 aliphatic heterocycles. The van der Waals surface area contributed by atoms with Gasteiger partial charge in [0.1, 0.15) is 13.1 Å². The van der Waals surface area contributed by atoms with Crippen LogP contribution in [0.15, 0.2) is 5.28 Å². The highest BCUT2D eigenvalue weighted by Gasteiger charge is 2.14. The van der Waals surface area contributed by atoms with Crippen LogP contribution in [0, 0.1) is 10.4 Å². The molecule has 0 amide bonds. The number of ether oxygens (including phenoxy) is 1. The molecule has 0 N–H and O–H groups in total. The summed E-state index contributed by atoms with van der Waals surface area (Å²) in [4.78, 5) is 0.0581. The molecule has 0 saturated carbocycles. The lowest BCUT2D eigenvalue weighted by Gasteiger charge is -2.23. The zero-order valence-corrected chi connectivity index (χ0v) is 5.39. The molecule has 0 bridgehead atoms. The molecule has 0 aromatic rings. The summed E-state index contributed by atoms with van der Waals surface area (Å²) in [7, 11) is 0. The molecule has 10 heavy (non-hydrogen) atoms. The minimum absolute atomic E-state index is 0.0581. The van der Waals surface area contributed by atoms with Crippen molar-refractivity contribution in [3.05, 3.63) is 10.4 Å². The Morgan fingerprint density at radius 3 is 2.50 bits per heavy atom. The van der Waals surface area contributed by atoms with E-state index in [1.54, 1.807) is 0 Å². The fourth-order valence-corrected chi connectivity index (χ4v) is 0.776. The third-order valence-corrected chi connectivity index (χ3v) is 1.30. The summed E-state index contributed by atoms with van der Waals surface area (Å²) in [6, 6.07) is 0. The van der Waals surface area contributed by atoms with Crippen molar-refractivity contribution in [3.8, 4) is 0 Å². The van der Waals surface area contributed by atoms with Crippen LogP contribution in [-0.2, 0) is 4.74 Å². The van der Waals surface area contributed by atoms with Crippen molar-refractivity contribution in [2.75, 3.05) is 26.3 Å². The second-order valence-corrected chi connectivity index (χ2v) is 1.90. The van der Waals surface area contributed by atoms with E-state index in [0.29, 0.717) is 26.3 Å². The van der Waals surface area contributed by atoms with Crippen LogP contribution in [-0.4, -0.2) is 36.3 Å². The Bertz CT molecular complexity index is 132. The third-order valence-electron chi connectivity index (χ3n) is 1.30. The van der Waals surface area contributed by atoms with Gasteiger partial charge in [-0.1, -0.05) is 0 Å². The number of rotatable bonds is 1. The Morgan fingerprint density at radius 1 is 1.40 bits per heavy atom. The van der Waals surface area contributed by atoms with Crippen molar-refractivity contribution in [3.63, 3.8) is 0 Å². The van der Waals surface area contributed by atoms with Crippen molar-refractivity contribution in [2.24, 2.45) is 5.28 Å². The molecule has 0 aliphatic carbocycles. The summed E-state index contributed by atoms with van der Waals surface area (Å²) < 4.78 is 4.94. The van der Waals surface area contributed by atoms with Crippen molar-refractivity contribution < 1.29 is 9.71 Å². The number of hydrogen-bond acceptors (Lipinski definition) is 4. The van der Waals surface area contributed by atoms with E-state index in [4.69, 9.17) is 4.74 Å². The van der Waals surface area contributed by atoms with Crippen LogP contribution < -0.4 is 0 Å². The molecule has 0 unspecified atom stereocenters. The van der Waals surface area contributed by atoms with E-state index in [2.05, 4.69) is 5.28 Å². The Balaban J connectivity index is 2.39. The molecule has 6 heteroatoms. The molecule has 1 heterocycles. The standard InChI is InChI=1S/C4H9N3O3/c8-5-7(9)6-1-3-10-4-2-6/h8H,1-4H2/p-1/b7-5+. The molecule has 0 atom stereocenters. The highest BCUT2D eigenvalue weighted by atomic mass is 16.6. The minimum atomic E-state index is 0.0581. The summed E-state index contributed by atoms with van der Waals surface area (Å²) in [6.07, 6.45) is 0. The molecular formula is C4H8N3O3-. The van der Waals surface area contributed by atoms with E-state index in [1.165, 1.54) is 5.01 Å². The Morgan fingerprint density at radius 2 is 2.00 bits per heavy atom. The first-order valence-electron chi connectivity index (χ1n) is 2.97. The van der Waals surface area contributed by atoms with E-state index in [-0.39, 0.29) is 4.97 Å². The van der Waals surface area contributed by atoms with Gasteiger partial charge in [0.2, 0.25) is 0 Å². The van der Waals surface area contributed by atoms with E-state index in [9.17, 15) is 10.4 Å². The molecule has 0 spiro atoms. The van der Waals surface area contributed by atoms with Crippen LogP contribution >= 0.6 is 0 Å². The Labute approximate surface area is 57.8 Å². The van der Waals surface area contributed by atoms with Crippen LogP contribution in [0.2, 0.25) is 0 Å². The normalized spacial score (nSPS) is 21.2. The van der Waals surface area contributed by atoms with Gasteiger partial charge in [-0.2, -0.15) is 0 Å². The van der Waals surface area contributed by atoms with E-state index in [1.807, 2.05) is 0 Å². The maximum atomic E-state index is 10.5. The summed E-state index contributed by atoms with van der Waals surface area (Å²) in [6.45, 7) is 1.84. The lowest BCUT2D eigenvalue weighted by atomic mass is 10.5. The minimum Gasteiger partial charge on any atom is -0.737 e. The lowest BCUT2D eigenvalue weighted by molar-refractivity contribution is -0.694. The first-order chi connectivity index (χ1) is 4.84. The molecule has 1 fully saturated rings. The van der Waals surface area contributed by atoms with Gasteiger partial charge in [-0.15, -0.1) is 5.01 Å². The van der Waals surface area contributed by atoms with Gasteiger partial charge in [0.15, 0.2) is 0 Å². The SMILES string of the molecule is [O-]/N=[N+](/[O-])N1CCOCC1. The predicted octanol–water partition coefficient (Wildman–Crippen LogP) is -0.306. The third kappa shape index (κ3) is 1.47. The maximum absolute atomic E-state index is 10.5. The average molecular weight is 146 g/mol. The molecule has 1 rings (SSSR count). The first kappa shape index (κ1) is 7.07. The van der Waals surface area contributed by atoms with Crippen LogP contribution in [0.25, 0.3) is 0 Å². The zero-order valence-electron chi connectivity index (χ0n) is 5.39. The molecule has 1 aliphatic rings. The highest BCUT2D eigenvalue weighted by Crippen LogP contribution is 1.96. The van der Waals surface area contributed by atoms with Crippen LogP contribution in [0.3, 0.4) is 0 Å². The zero-order chi connectivity index (χ0) is 7.40. The number of nitrogens with zero attached hydrogens (tertiary/aromatic N) is 3. The molecule has 6 nitrogen and oxygen atoms in total. The van der Waals surface area contributed by atoms with Crippen LogP contribution in [0.1, 0.15) is 0 Å². The molecule has 1 saturated heterocycles. The van der Waals surface area contributed by atoms with Gasteiger partial charge in [-0.25, -0.2) is 0 Å². The van der Waals surface area contributed by atoms with Gasteiger partial charge < -0.3 is 15.2 Å². The van der Waals surface area contributed by atoms with E-state index >= 15 is 0 Å². The fraction of sp³-hybridized carbons (Fsp3) is 1.00. The first-order valence-corrected chi connectivity index (χ1v) is 2.97. The van der Waals surface area contributed by atoms with Gasteiger partial charge in [0, 0.05) is 4.97 Å². The lowest BCUT2D eigenvalue weighted by Crippen LogP contribution is -2.40. The molecule has 58 valence electrons. The van der Waals surface area contributed by atoms with Crippen molar-refractivity contribution in [1.29, 1.82) is 0 Å². The fourth-order valence-electron chi connectivity index (χ4n) is 0.776. The average Bonchev–Trinajstić information content (AvgIpc) is 2.05. The number of hydrazine groups is 1. The molecule has 0 aromatic carbocycles. The molecule has 0 radical (unpaired) electrons. The topological polar surface area (TPSA) is 74.0 Å². The summed E-state index contributed by atoms with van der Waals surface area (Å²) in [5.41, 5.74) is 0. The van der Waals surface area contributed by atoms with Gasteiger partial charge >= 0.3 is 0 Å². The smallest absolute Gasteiger partial charge is 0.100 e. The Kier molecular flexibility index (Phi) is 2.27. The highest BCUT2D eigenvalue weighted by molar-refractivity contribution is 4.49. The second-order valence-electron chi connectivity index (χ2n) is 1.90. The van der Waals surface area contributed by atoms with Gasteiger partial charge in [-0.3, -0.25) is 0 Å². The number of morpholine rings is 1. The number of hydrogen-bond donors (Lipinski definition) is 0.